The zero-order chi connectivity index (χ0) is 11.9. The van der Waals surface area contributed by atoms with Crippen molar-refractivity contribution in [3.05, 3.63) is 0 Å². The highest BCUT2D eigenvalue weighted by atomic mass is 16.5. The molecule has 0 aromatic carbocycles. The Bertz CT molecular complexity index is 196. The molecule has 2 atom stereocenters. The van der Waals surface area contributed by atoms with Crippen LogP contribution in [0.5, 0.6) is 0 Å². The maximum absolute atomic E-state index is 5.94. The summed E-state index contributed by atoms with van der Waals surface area (Å²) in [4.78, 5) is 0. The first kappa shape index (κ1) is 13.3. The van der Waals surface area contributed by atoms with Crippen molar-refractivity contribution in [1.29, 1.82) is 0 Å². The van der Waals surface area contributed by atoms with E-state index in [9.17, 15) is 0 Å². The van der Waals surface area contributed by atoms with Crippen molar-refractivity contribution in [1.82, 2.24) is 5.32 Å². The lowest BCUT2D eigenvalue weighted by Gasteiger charge is -2.33. The molecule has 3 N–H and O–H groups in total. The second-order valence-corrected chi connectivity index (χ2v) is 5.67. The maximum Gasteiger partial charge on any atom is 0.0509 e. The minimum atomic E-state index is 0.471. The number of hydrogen-bond acceptors (Lipinski definition) is 3. The van der Waals surface area contributed by atoms with Gasteiger partial charge in [-0.25, -0.2) is 0 Å². The van der Waals surface area contributed by atoms with Gasteiger partial charge in [-0.15, -0.1) is 0 Å². The van der Waals surface area contributed by atoms with Crippen LogP contribution in [-0.2, 0) is 4.74 Å². The molecule has 1 heterocycles. The van der Waals surface area contributed by atoms with Crippen molar-refractivity contribution in [3.8, 4) is 0 Å². The highest BCUT2D eigenvalue weighted by Gasteiger charge is 2.25. The Morgan fingerprint density at radius 2 is 1.82 bits per heavy atom. The van der Waals surface area contributed by atoms with Crippen LogP contribution in [0.25, 0.3) is 0 Å². The Morgan fingerprint density at radius 3 is 2.41 bits per heavy atom. The molecule has 17 heavy (non-hydrogen) atoms. The minimum Gasteiger partial charge on any atom is -0.381 e. The first-order valence-electron chi connectivity index (χ1n) is 7.44. The van der Waals surface area contributed by atoms with Gasteiger partial charge in [0, 0.05) is 25.2 Å². The lowest BCUT2D eigenvalue weighted by atomic mass is 9.92. The molecule has 0 amide bonds. The highest BCUT2D eigenvalue weighted by Crippen LogP contribution is 2.21. The second-order valence-electron chi connectivity index (χ2n) is 5.67. The number of ether oxygens (including phenoxy) is 1. The molecule has 1 aliphatic carbocycles. The molecular formula is C14H28N2O. The smallest absolute Gasteiger partial charge is 0.0509 e. The normalized spacial score (nSPS) is 29.8. The Labute approximate surface area is 105 Å². The van der Waals surface area contributed by atoms with Crippen LogP contribution in [0.15, 0.2) is 0 Å². The molecule has 2 rings (SSSR count). The van der Waals surface area contributed by atoms with E-state index < -0.39 is 0 Å². The molecule has 2 fully saturated rings. The average Bonchev–Trinajstić information content (AvgIpc) is 2.65. The van der Waals surface area contributed by atoms with Crippen LogP contribution in [0.1, 0.15) is 51.4 Å². The van der Waals surface area contributed by atoms with Crippen LogP contribution in [0.3, 0.4) is 0 Å². The van der Waals surface area contributed by atoms with Crippen LogP contribution in [0, 0.1) is 5.92 Å². The van der Waals surface area contributed by atoms with Crippen molar-refractivity contribution < 1.29 is 4.74 Å². The van der Waals surface area contributed by atoms with Crippen molar-refractivity contribution in [2.45, 2.75) is 63.5 Å². The summed E-state index contributed by atoms with van der Waals surface area (Å²) in [5.74, 6) is 0.636. The molecule has 2 unspecified atom stereocenters. The molecule has 3 heteroatoms. The third kappa shape index (κ3) is 4.23. The molecule has 0 spiro atoms. The molecule has 0 aromatic rings. The van der Waals surface area contributed by atoms with Crippen LogP contribution in [0.4, 0.5) is 0 Å². The molecule has 2 aliphatic rings. The van der Waals surface area contributed by atoms with Gasteiger partial charge in [-0.05, 0) is 31.6 Å². The quantitative estimate of drug-likeness (QED) is 0.739. The maximum atomic E-state index is 5.94. The molecule has 0 aromatic heterocycles. The molecule has 1 aliphatic heterocycles. The van der Waals surface area contributed by atoms with Crippen LogP contribution < -0.4 is 11.1 Å². The zero-order valence-corrected chi connectivity index (χ0v) is 11.0. The highest BCUT2D eigenvalue weighted by molar-refractivity contribution is 4.83. The van der Waals surface area contributed by atoms with E-state index in [-0.39, 0.29) is 0 Å². The van der Waals surface area contributed by atoms with Crippen molar-refractivity contribution in [2.75, 3.05) is 19.8 Å². The fourth-order valence-corrected chi connectivity index (χ4v) is 3.23. The number of nitrogens with one attached hydrogen (secondary N) is 1. The van der Waals surface area contributed by atoms with E-state index in [2.05, 4.69) is 5.32 Å². The number of nitrogens with two attached hydrogens (primary N) is 1. The van der Waals surface area contributed by atoms with E-state index >= 15 is 0 Å². The monoisotopic (exact) mass is 240 g/mol. The SMILES string of the molecule is NCC(NC1CCCCCC1)C1CCCOC1. The molecule has 0 bridgehead atoms. The van der Waals surface area contributed by atoms with Gasteiger partial charge in [0.25, 0.3) is 0 Å². The van der Waals surface area contributed by atoms with Crippen molar-refractivity contribution >= 4 is 0 Å². The van der Waals surface area contributed by atoms with E-state index in [1.807, 2.05) is 0 Å². The second kappa shape index (κ2) is 7.34. The van der Waals surface area contributed by atoms with Gasteiger partial charge in [0.1, 0.15) is 0 Å². The summed E-state index contributed by atoms with van der Waals surface area (Å²) in [7, 11) is 0. The van der Waals surface area contributed by atoms with Gasteiger partial charge < -0.3 is 15.8 Å². The average molecular weight is 240 g/mol. The number of rotatable bonds is 4. The topological polar surface area (TPSA) is 47.3 Å². The van der Waals surface area contributed by atoms with Crippen LogP contribution >= 0.6 is 0 Å². The molecular weight excluding hydrogens is 212 g/mol. The molecule has 1 saturated heterocycles. The van der Waals surface area contributed by atoms with Crippen molar-refractivity contribution in [2.24, 2.45) is 11.7 Å². The summed E-state index contributed by atoms with van der Waals surface area (Å²) in [6.07, 6.45) is 10.8. The standard InChI is InChI=1S/C14H28N2O/c15-10-14(12-6-5-9-17-11-12)16-13-7-3-1-2-4-8-13/h12-14,16H,1-11,15H2. The van der Waals surface area contributed by atoms with Gasteiger partial charge in [-0.1, -0.05) is 25.7 Å². The van der Waals surface area contributed by atoms with Crippen LogP contribution in [0.2, 0.25) is 0 Å². The summed E-state index contributed by atoms with van der Waals surface area (Å²) in [6.45, 7) is 2.60. The molecule has 3 nitrogen and oxygen atoms in total. The Balaban J connectivity index is 1.80. The van der Waals surface area contributed by atoms with E-state index in [0.717, 1.165) is 19.8 Å². The van der Waals surface area contributed by atoms with Gasteiger partial charge >= 0.3 is 0 Å². The Morgan fingerprint density at radius 1 is 1.06 bits per heavy atom. The fraction of sp³-hybridized carbons (Fsp3) is 1.00. The predicted molar refractivity (Wildman–Crippen MR) is 71.0 cm³/mol. The van der Waals surface area contributed by atoms with E-state index in [1.165, 1.54) is 51.4 Å². The van der Waals surface area contributed by atoms with Crippen LogP contribution in [-0.4, -0.2) is 31.8 Å². The van der Waals surface area contributed by atoms with Gasteiger partial charge in [-0.3, -0.25) is 0 Å². The summed E-state index contributed by atoms with van der Waals surface area (Å²) in [5.41, 5.74) is 5.94. The lowest BCUT2D eigenvalue weighted by molar-refractivity contribution is 0.0383. The predicted octanol–water partition coefficient (Wildman–Crippen LogP) is 2.05. The summed E-state index contributed by atoms with van der Waals surface area (Å²) >= 11 is 0. The van der Waals surface area contributed by atoms with Gasteiger partial charge in [-0.2, -0.15) is 0 Å². The third-order valence-electron chi connectivity index (χ3n) is 4.32. The largest absolute Gasteiger partial charge is 0.381 e. The fourth-order valence-electron chi connectivity index (χ4n) is 3.23. The Hall–Kier alpha value is -0.120. The number of hydrogen-bond donors (Lipinski definition) is 2. The van der Waals surface area contributed by atoms with Gasteiger partial charge in [0.15, 0.2) is 0 Å². The van der Waals surface area contributed by atoms with E-state index in [4.69, 9.17) is 10.5 Å². The summed E-state index contributed by atoms with van der Waals surface area (Å²) in [6, 6.07) is 1.17. The van der Waals surface area contributed by atoms with E-state index in [0.29, 0.717) is 18.0 Å². The molecule has 0 radical (unpaired) electrons. The summed E-state index contributed by atoms with van der Waals surface area (Å²) < 4.78 is 5.58. The first-order valence-corrected chi connectivity index (χ1v) is 7.44. The molecule has 100 valence electrons. The third-order valence-corrected chi connectivity index (χ3v) is 4.32. The van der Waals surface area contributed by atoms with Crippen molar-refractivity contribution in [3.63, 3.8) is 0 Å². The summed E-state index contributed by atoms with van der Waals surface area (Å²) in [5, 5.41) is 3.81. The lowest BCUT2D eigenvalue weighted by Crippen LogP contribution is -2.49. The zero-order valence-electron chi connectivity index (χ0n) is 11.0. The first-order chi connectivity index (χ1) is 8.40. The Kier molecular flexibility index (Phi) is 5.75. The minimum absolute atomic E-state index is 0.471. The van der Waals surface area contributed by atoms with Gasteiger partial charge in [0.2, 0.25) is 0 Å². The van der Waals surface area contributed by atoms with Gasteiger partial charge in [0.05, 0.1) is 6.61 Å². The van der Waals surface area contributed by atoms with E-state index in [1.54, 1.807) is 0 Å². The molecule has 1 saturated carbocycles.